The molecule has 0 aliphatic heterocycles. The lowest BCUT2D eigenvalue weighted by Gasteiger charge is -2.16. The van der Waals surface area contributed by atoms with E-state index in [4.69, 9.17) is 0 Å². The molecule has 0 saturated carbocycles. The number of anilines is 4. The van der Waals surface area contributed by atoms with Crippen LogP contribution in [0, 0.1) is 6.92 Å². The third kappa shape index (κ3) is 7.20. The van der Waals surface area contributed by atoms with E-state index in [2.05, 4.69) is 45.1 Å². The molecule has 3 aromatic carbocycles. The van der Waals surface area contributed by atoms with Gasteiger partial charge in [-0.3, -0.25) is 9.59 Å². The molecule has 0 aliphatic rings. The molecule has 0 fully saturated rings. The third-order valence-corrected chi connectivity index (χ3v) is 6.19. The van der Waals surface area contributed by atoms with Gasteiger partial charge in [0.05, 0.1) is 18.1 Å². The highest BCUT2D eigenvalue weighted by atomic mass is 16.2. The van der Waals surface area contributed by atoms with Gasteiger partial charge in [0, 0.05) is 48.8 Å². The summed E-state index contributed by atoms with van der Waals surface area (Å²) in [7, 11) is 3.98. The minimum absolute atomic E-state index is 0.261. The van der Waals surface area contributed by atoms with E-state index in [1.165, 1.54) is 6.08 Å². The molecule has 0 spiro atoms. The van der Waals surface area contributed by atoms with Gasteiger partial charge in [0.25, 0.3) is 5.91 Å². The highest BCUT2D eigenvalue weighted by Crippen LogP contribution is 2.24. The van der Waals surface area contributed by atoms with Gasteiger partial charge >= 0.3 is 0 Å². The Balaban J connectivity index is 1.41. The second kappa shape index (κ2) is 12.5. The molecule has 2 amide bonds. The maximum absolute atomic E-state index is 13.1. The van der Waals surface area contributed by atoms with Gasteiger partial charge in [0.2, 0.25) is 5.91 Å². The van der Waals surface area contributed by atoms with Gasteiger partial charge in [-0.1, -0.05) is 43.5 Å². The van der Waals surface area contributed by atoms with Gasteiger partial charge in [-0.25, -0.2) is 9.97 Å². The number of rotatable bonds is 10. The first-order chi connectivity index (χ1) is 19.2. The van der Waals surface area contributed by atoms with Crippen molar-refractivity contribution < 1.29 is 9.59 Å². The SMILES string of the molecule is C=CC(=O)Nc1cccc(Cc2ncc(NC(=O)c3cc(NC(=C)c4cccc(N(C)C)c4)ccc3C)cn2)c1. The lowest BCUT2D eigenvalue weighted by atomic mass is 10.1. The minimum Gasteiger partial charge on any atom is -0.378 e. The Kier molecular flexibility index (Phi) is 8.71. The van der Waals surface area contributed by atoms with Crippen LogP contribution in [0.25, 0.3) is 5.70 Å². The summed E-state index contributed by atoms with van der Waals surface area (Å²) in [5, 5.41) is 8.94. The molecule has 3 N–H and O–H groups in total. The molecule has 4 rings (SSSR count). The van der Waals surface area contributed by atoms with Crippen LogP contribution in [0.5, 0.6) is 0 Å². The number of aromatic nitrogens is 2. The molecular formula is C32H32N6O2. The fraction of sp³-hybridized carbons (Fsp3) is 0.125. The lowest BCUT2D eigenvalue weighted by Crippen LogP contribution is -2.14. The van der Waals surface area contributed by atoms with E-state index in [0.717, 1.165) is 33.8 Å². The zero-order chi connectivity index (χ0) is 28.6. The topological polar surface area (TPSA) is 99.2 Å². The molecule has 8 heteroatoms. The van der Waals surface area contributed by atoms with Crippen LogP contribution < -0.4 is 20.9 Å². The second-order valence-electron chi connectivity index (χ2n) is 9.49. The lowest BCUT2D eigenvalue weighted by molar-refractivity contribution is -0.111. The van der Waals surface area contributed by atoms with Crippen molar-refractivity contribution in [2.24, 2.45) is 0 Å². The molecule has 0 bridgehead atoms. The zero-order valence-corrected chi connectivity index (χ0v) is 22.9. The summed E-state index contributed by atoms with van der Waals surface area (Å²) in [4.78, 5) is 35.5. The monoisotopic (exact) mass is 532 g/mol. The highest BCUT2D eigenvalue weighted by molar-refractivity contribution is 6.06. The van der Waals surface area contributed by atoms with Crippen LogP contribution in [-0.4, -0.2) is 35.9 Å². The standard InChI is InChI=1S/C32H32N6O2/c1-6-31(39)36-25-11-7-9-23(15-25)16-30-33-19-27(20-34-30)37-32(40)29-18-26(14-13-21(29)2)35-22(3)24-10-8-12-28(17-24)38(4)5/h6-15,17-20,35H,1,3,16H2,2,4-5H3,(H,36,39)(H,37,40). The van der Waals surface area contributed by atoms with Gasteiger partial charge in [-0.05, 0) is 66.1 Å². The number of nitrogens with one attached hydrogen (secondary N) is 3. The predicted octanol–water partition coefficient (Wildman–Crippen LogP) is 5.90. The molecule has 0 atom stereocenters. The molecule has 40 heavy (non-hydrogen) atoms. The molecule has 0 saturated heterocycles. The van der Waals surface area contributed by atoms with Crippen LogP contribution in [0.15, 0.2) is 98.4 Å². The number of hydrogen-bond donors (Lipinski definition) is 3. The van der Waals surface area contributed by atoms with E-state index in [1.807, 2.05) is 74.4 Å². The van der Waals surface area contributed by atoms with Crippen LogP contribution in [0.4, 0.5) is 22.7 Å². The third-order valence-electron chi connectivity index (χ3n) is 6.19. The Hall–Kier alpha value is -5.24. The Labute approximate surface area is 234 Å². The molecule has 8 nitrogen and oxygen atoms in total. The summed E-state index contributed by atoms with van der Waals surface area (Å²) in [5.74, 6) is 0.0533. The van der Waals surface area contributed by atoms with Crippen LogP contribution in [0.2, 0.25) is 0 Å². The number of carbonyl (C=O) groups is 2. The first-order valence-electron chi connectivity index (χ1n) is 12.7. The number of nitrogens with zero attached hydrogens (tertiary/aromatic N) is 3. The number of hydrogen-bond acceptors (Lipinski definition) is 6. The van der Waals surface area contributed by atoms with Crippen molar-refractivity contribution in [3.63, 3.8) is 0 Å². The summed E-state index contributed by atoms with van der Waals surface area (Å²) in [6.45, 7) is 9.53. The van der Waals surface area contributed by atoms with Crippen LogP contribution >= 0.6 is 0 Å². The molecule has 0 radical (unpaired) electrons. The van der Waals surface area contributed by atoms with Crippen molar-refractivity contribution in [3.05, 3.63) is 126 Å². The van der Waals surface area contributed by atoms with E-state index >= 15 is 0 Å². The van der Waals surface area contributed by atoms with E-state index in [1.54, 1.807) is 24.5 Å². The summed E-state index contributed by atoms with van der Waals surface area (Å²) in [6, 6.07) is 21.1. The fourth-order valence-electron chi connectivity index (χ4n) is 4.01. The Morgan fingerprint density at radius 3 is 2.33 bits per heavy atom. The Morgan fingerprint density at radius 1 is 0.875 bits per heavy atom. The van der Waals surface area contributed by atoms with E-state index in [9.17, 15) is 9.59 Å². The van der Waals surface area contributed by atoms with Crippen molar-refractivity contribution in [1.29, 1.82) is 0 Å². The van der Waals surface area contributed by atoms with Gasteiger partial charge < -0.3 is 20.9 Å². The highest BCUT2D eigenvalue weighted by Gasteiger charge is 2.12. The maximum Gasteiger partial charge on any atom is 0.256 e. The van der Waals surface area contributed by atoms with E-state index in [0.29, 0.717) is 29.2 Å². The quantitative estimate of drug-likeness (QED) is 0.220. The van der Waals surface area contributed by atoms with Crippen LogP contribution in [0.3, 0.4) is 0 Å². The first kappa shape index (κ1) is 27.8. The molecule has 1 heterocycles. The fourth-order valence-corrected chi connectivity index (χ4v) is 4.01. The zero-order valence-electron chi connectivity index (χ0n) is 22.9. The number of amides is 2. The van der Waals surface area contributed by atoms with Gasteiger partial charge in [0.1, 0.15) is 5.82 Å². The van der Waals surface area contributed by atoms with Crippen LogP contribution in [0.1, 0.15) is 32.9 Å². The van der Waals surface area contributed by atoms with E-state index in [-0.39, 0.29) is 11.8 Å². The summed E-state index contributed by atoms with van der Waals surface area (Å²) >= 11 is 0. The van der Waals surface area contributed by atoms with E-state index < -0.39 is 0 Å². The number of carbonyl (C=O) groups excluding carboxylic acids is 2. The molecule has 4 aromatic rings. The molecular weight excluding hydrogens is 500 g/mol. The summed E-state index contributed by atoms with van der Waals surface area (Å²) < 4.78 is 0. The normalized spacial score (nSPS) is 10.4. The van der Waals surface area contributed by atoms with Gasteiger partial charge in [-0.15, -0.1) is 0 Å². The number of benzene rings is 3. The van der Waals surface area contributed by atoms with Crippen molar-refractivity contribution in [2.45, 2.75) is 13.3 Å². The molecule has 0 aliphatic carbocycles. The smallest absolute Gasteiger partial charge is 0.256 e. The number of aryl methyl sites for hydroxylation is 1. The average molecular weight is 533 g/mol. The second-order valence-corrected chi connectivity index (χ2v) is 9.49. The molecule has 202 valence electrons. The average Bonchev–Trinajstić information content (AvgIpc) is 2.95. The van der Waals surface area contributed by atoms with Crippen molar-refractivity contribution in [3.8, 4) is 0 Å². The van der Waals surface area contributed by atoms with Gasteiger partial charge in [0.15, 0.2) is 0 Å². The molecule has 0 unspecified atom stereocenters. The maximum atomic E-state index is 13.1. The summed E-state index contributed by atoms with van der Waals surface area (Å²) in [6.07, 6.45) is 4.86. The van der Waals surface area contributed by atoms with Crippen molar-refractivity contribution in [2.75, 3.05) is 34.9 Å². The predicted molar refractivity (Wildman–Crippen MR) is 163 cm³/mol. The largest absolute Gasteiger partial charge is 0.378 e. The van der Waals surface area contributed by atoms with Gasteiger partial charge in [-0.2, -0.15) is 0 Å². The molecule has 1 aromatic heterocycles. The minimum atomic E-state index is -0.273. The van der Waals surface area contributed by atoms with Crippen molar-refractivity contribution >= 4 is 40.3 Å². The Bertz CT molecular complexity index is 1560. The van der Waals surface area contributed by atoms with Crippen LogP contribution in [-0.2, 0) is 11.2 Å². The van der Waals surface area contributed by atoms with Crippen molar-refractivity contribution in [1.82, 2.24) is 9.97 Å². The first-order valence-corrected chi connectivity index (χ1v) is 12.7. The Morgan fingerprint density at radius 2 is 1.60 bits per heavy atom. The summed E-state index contributed by atoms with van der Waals surface area (Å²) in [5.41, 5.74) is 6.99.